The fraction of sp³-hybridized carbons (Fsp3) is 0.400. The summed E-state index contributed by atoms with van der Waals surface area (Å²) in [5, 5.41) is 2.40. The first kappa shape index (κ1) is 7.27. The summed E-state index contributed by atoms with van der Waals surface area (Å²) in [5.74, 6) is -0.144. The van der Waals surface area contributed by atoms with E-state index in [1.165, 1.54) is 6.08 Å². The van der Waals surface area contributed by atoms with Gasteiger partial charge in [0.05, 0.1) is 7.85 Å². The molecule has 0 aromatic rings. The minimum Gasteiger partial charge on any atom is -0.362 e. The molecule has 0 aliphatic heterocycles. The Kier molecular flexibility index (Phi) is 4.03. The number of hydrogen-bond donors (Lipinski definition) is 1. The second-order valence-electron chi connectivity index (χ2n) is 1.25. The van der Waals surface area contributed by atoms with E-state index in [1.54, 1.807) is 13.0 Å². The monoisotopic (exact) mass is 109 g/mol. The van der Waals surface area contributed by atoms with Gasteiger partial charge >= 0.3 is 0 Å². The summed E-state index contributed by atoms with van der Waals surface area (Å²) in [5.41, 5.74) is 0. The molecule has 0 aromatic heterocycles. The lowest BCUT2D eigenvalue weighted by molar-refractivity contribution is -0.116. The van der Waals surface area contributed by atoms with Crippen molar-refractivity contribution in [2.24, 2.45) is 0 Å². The van der Waals surface area contributed by atoms with E-state index in [9.17, 15) is 4.79 Å². The number of carbonyl (C=O) groups is 1. The van der Waals surface area contributed by atoms with Gasteiger partial charge in [-0.05, 0) is 19.4 Å². The van der Waals surface area contributed by atoms with Gasteiger partial charge in [0.25, 0.3) is 0 Å². The average molecular weight is 109 g/mol. The summed E-state index contributed by atoms with van der Waals surface area (Å²) < 4.78 is 0. The van der Waals surface area contributed by atoms with Crippen molar-refractivity contribution in [2.75, 3.05) is 6.44 Å². The normalized spacial score (nSPS) is 9.62. The molecule has 3 heteroatoms. The van der Waals surface area contributed by atoms with E-state index in [2.05, 4.69) is 5.32 Å². The van der Waals surface area contributed by atoms with E-state index >= 15 is 0 Å². The Morgan fingerprint density at radius 2 is 2.50 bits per heavy atom. The first-order valence-corrected chi connectivity index (χ1v) is 2.42. The maximum atomic E-state index is 10.4. The highest BCUT2D eigenvalue weighted by Crippen LogP contribution is 1.67. The largest absolute Gasteiger partial charge is 0.362 e. The molecule has 0 aliphatic carbocycles. The highest BCUT2D eigenvalue weighted by atomic mass is 16.1. The van der Waals surface area contributed by atoms with Gasteiger partial charge in [0.2, 0.25) is 5.91 Å². The third-order valence-corrected chi connectivity index (χ3v) is 0.594. The predicted molar refractivity (Wildman–Crippen MR) is 33.6 cm³/mol. The van der Waals surface area contributed by atoms with Crippen molar-refractivity contribution in [1.29, 1.82) is 0 Å². The minimum absolute atomic E-state index is 0.144. The number of nitrogens with one attached hydrogen (secondary N) is 1. The second kappa shape index (κ2) is 4.43. The molecule has 0 unspecified atom stereocenters. The zero-order valence-corrected chi connectivity index (χ0v) is 4.85. The van der Waals surface area contributed by atoms with Gasteiger partial charge in [0.1, 0.15) is 0 Å². The third kappa shape index (κ3) is 3.46. The molecule has 8 heavy (non-hydrogen) atoms. The molecular weight excluding hydrogens is 101 g/mol. The highest BCUT2D eigenvalue weighted by Gasteiger charge is 1.85. The Bertz CT molecular complexity index is 101. The highest BCUT2D eigenvalue weighted by molar-refractivity contribution is 6.10. The number of carbonyl (C=O) groups excluding carboxylic acids is 1. The SMILES string of the molecule is [B]CNC(=O)C=CC. The van der Waals surface area contributed by atoms with Gasteiger partial charge in [-0.25, -0.2) is 0 Å². The van der Waals surface area contributed by atoms with Crippen molar-refractivity contribution in [3.8, 4) is 0 Å². The molecule has 0 saturated carbocycles. The van der Waals surface area contributed by atoms with Gasteiger partial charge in [-0.2, -0.15) is 0 Å². The van der Waals surface area contributed by atoms with Crippen LogP contribution in [0.25, 0.3) is 0 Å². The van der Waals surface area contributed by atoms with Gasteiger partial charge in [-0.1, -0.05) is 6.08 Å². The molecule has 0 saturated heterocycles. The Morgan fingerprint density at radius 1 is 1.88 bits per heavy atom. The van der Waals surface area contributed by atoms with Crippen LogP contribution < -0.4 is 5.32 Å². The molecule has 0 atom stereocenters. The van der Waals surface area contributed by atoms with Crippen molar-refractivity contribution >= 4 is 13.8 Å². The number of hydrogen-bond acceptors (Lipinski definition) is 1. The van der Waals surface area contributed by atoms with Gasteiger partial charge in [-0.15, -0.1) is 0 Å². The van der Waals surface area contributed by atoms with Crippen molar-refractivity contribution in [1.82, 2.24) is 5.32 Å². The second-order valence-corrected chi connectivity index (χ2v) is 1.25. The fourth-order valence-electron chi connectivity index (χ4n) is 0.311. The summed E-state index contributed by atoms with van der Waals surface area (Å²) in [6.07, 6.45) is 3.28. The maximum absolute atomic E-state index is 10.4. The van der Waals surface area contributed by atoms with Crippen LogP contribution in [0.3, 0.4) is 0 Å². The molecule has 0 spiro atoms. The lowest BCUT2D eigenvalue weighted by Gasteiger charge is -1.91. The van der Waals surface area contributed by atoms with Crippen LogP contribution in [-0.4, -0.2) is 20.2 Å². The molecule has 0 bridgehead atoms. The predicted octanol–water partition coefficient (Wildman–Crippen LogP) is -0.195. The van der Waals surface area contributed by atoms with Crippen LogP contribution in [0.5, 0.6) is 0 Å². The van der Waals surface area contributed by atoms with Crippen LogP contribution in [0.15, 0.2) is 12.2 Å². The molecule has 0 aliphatic rings. The molecule has 42 valence electrons. The van der Waals surface area contributed by atoms with Gasteiger partial charge in [0, 0.05) is 0 Å². The van der Waals surface area contributed by atoms with E-state index < -0.39 is 0 Å². The standard InChI is InChI=1S/C5H8BNO/c1-2-3-5(8)7-4-6/h2-3H,4H2,1H3,(H,7,8). The maximum Gasteiger partial charge on any atom is 0.242 e. The van der Waals surface area contributed by atoms with E-state index in [0.29, 0.717) is 0 Å². The molecule has 0 rings (SSSR count). The van der Waals surface area contributed by atoms with Crippen LogP contribution >= 0.6 is 0 Å². The fourth-order valence-corrected chi connectivity index (χ4v) is 0.311. The lowest BCUT2D eigenvalue weighted by atomic mass is 10.2. The Labute approximate surface area is 50.4 Å². The number of rotatable bonds is 2. The van der Waals surface area contributed by atoms with Crippen LogP contribution in [0.1, 0.15) is 6.92 Å². The van der Waals surface area contributed by atoms with Crippen molar-refractivity contribution < 1.29 is 4.79 Å². The zero-order valence-electron chi connectivity index (χ0n) is 4.85. The Hall–Kier alpha value is -0.725. The van der Waals surface area contributed by atoms with Gasteiger partial charge in [0.15, 0.2) is 0 Å². The molecule has 0 heterocycles. The van der Waals surface area contributed by atoms with Gasteiger partial charge < -0.3 is 5.32 Å². The Balaban J connectivity index is 3.33. The van der Waals surface area contributed by atoms with E-state index in [-0.39, 0.29) is 12.4 Å². The van der Waals surface area contributed by atoms with Crippen LogP contribution in [0, 0.1) is 0 Å². The topological polar surface area (TPSA) is 29.1 Å². The van der Waals surface area contributed by atoms with E-state index in [0.717, 1.165) is 0 Å². The molecule has 1 amide bonds. The average Bonchev–Trinajstić information content (AvgIpc) is 1.68. The van der Waals surface area contributed by atoms with Crippen LogP contribution in [-0.2, 0) is 4.79 Å². The molecule has 2 radical (unpaired) electrons. The molecule has 0 fully saturated rings. The first-order chi connectivity index (χ1) is 3.81. The van der Waals surface area contributed by atoms with Crippen LogP contribution in [0.2, 0.25) is 0 Å². The molecule has 0 aromatic carbocycles. The summed E-state index contributed by atoms with van der Waals surface area (Å²) >= 11 is 0. The quantitative estimate of drug-likeness (QED) is 0.386. The smallest absolute Gasteiger partial charge is 0.242 e. The first-order valence-electron chi connectivity index (χ1n) is 2.42. The Morgan fingerprint density at radius 3 is 2.88 bits per heavy atom. The van der Waals surface area contributed by atoms with Crippen molar-refractivity contribution in [3.63, 3.8) is 0 Å². The van der Waals surface area contributed by atoms with E-state index in [1.807, 2.05) is 0 Å². The minimum atomic E-state index is -0.144. The summed E-state index contributed by atoms with van der Waals surface area (Å²) in [6.45, 7) is 1.77. The summed E-state index contributed by atoms with van der Waals surface area (Å²) in [7, 11) is 4.99. The summed E-state index contributed by atoms with van der Waals surface area (Å²) in [6, 6.07) is 0. The van der Waals surface area contributed by atoms with Gasteiger partial charge in [-0.3, -0.25) is 4.79 Å². The van der Waals surface area contributed by atoms with Crippen molar-refractivity contribution in [3.05, 3.63) is 12.2 Å². The van der Waals surface area contributed by atoms with Crippen LogP contribution in [0.4, 0.5) is 0 Å². The third-order valence-electron chi connectivity index (χ3n) is 0.594. The molecule has 2 nitrogen and oxygen atoms in total. The van der Waals surface area contributed by atoms with Crippen molar-refractivity contribution in [2.45, 2.75) is 6.92 Å². The molecule has 1 N–H and O–H groups in total. The lowest BCUT2D eigenvalue weighted by Crippen LogP contribution is -2.21. The number of amides is 1. The van der Waals surface area contributed by atoms with E-state index in [4.69, 9.17) is 7.85 Å². The molecular formula is C5H8BNO. The zero-order chi connectivity index (χ0) is 6.41. The number of allylic oxidation sites excluding steroid dienone is 1. The summed E-state index contributed by atoms with van der Waals surface area (Å²) in [4.78, 5) is 10.4.